The van der Waals surface area contributed by atoms with Gasteiger partial charge in [-0.15, -0.1) is 0 Å². The smallest absolute Gasteiger partial charge is 0.407 e. The lowest BCUT2D eigenvalue weighted by molar-refractivity contribution is -0.122. The van der Waals surface area contributed by atoms with E-state index in [2.05, 4.69) is 15.4 Å². The van der Waals surface area contributed by atoms with Gasteiger partial charge in [-0.1, -0.05) is 12.1 Å². The van der Waals surface area contributed by atoms with Crippen molar-refractivity contribution >= 4 is 12.0 Å². The van der Waals surface area contributed by atoms with E-state index in [0.717, 1.165) is 5.56 Å². The van der Waals surface area contributed by atoms with E-state index in [-0.39, 0.29) is 18.7 Å². The maximum absolute atomic E-state index is 11.8. The van der Waals surface area contributed by atoms with Gasteiger partial charge in [-0.2, -0.15) is 5.26 Å². The van der Waals surface area contributed by atoms with Gasteiger partial charge in [0.05, 0.1) is 13.2 Å². The number of carbonyl (C=O) groups excluding carboxylic acids is 2. The first kappa shape index (κ1) is 15.3. The Morgan fingerprint density at radius 3 is 2.60 bits per heavy atom. The van der Waals surface area contributed by atoms with Gasteiger partial charge in [0, 0.05) is 6.42 Å². The predicted octanol–water partition coefficient (Wildman–Crippen LogP) is 0.299. The van der Waals surface area contributed by atoms with E-state index in [9.17, 15) is 14.7 Å². The minimum Gasteiger partial charge on any atom is -0.508 e. The molecular formula is C13H15N3O4. The Bertz CT molecular complexity index is 507. The molecule has 0 fully saturated rings. The van der Waals surface area contributed by atoms with Crippen molar-refractivity contribution in [3.8, 4) is 11.8 Å². The summed E-state index contributed by atoms with van der Waals surface area (Å²) in [6, 6.07) is 7.17. The van der Waals surface area contributed by atoms with E-state index < -0.39 is 18.0 Å². The number of phenolic OH excluding ortho intramolecular Hbond substituents is 1. The summed E-state index contributed by atoms with van der Waals surface area (Å²) in [5, 5.41) is 22.4. The standard InChI is InChI=1S/C13H15N3O4/c1-20-13(19)16-11(12(18)15-7-6-14)8-9-2-4-10(17)5-3-9/h2-5,11,17H,7-8H2,1H3,(H,15,18)(H,16,19). The second kappa shape index (κ2) is 7.63. The molecule has 0 saturated carbocycles. The number of rotatable bonds is 5. The molecule has 7 nitrogen and oxygen atoms in total. The number of hydrogen-bond acceptors (Lipinski definition) is 5. The lowest BCUT2D eigenvalue weighted by Crippen LogP contribution is -2.48. The predicted molar refractivity (Wildman–Crippen MR) is 69.8 cm³/mol. The van der Waals surface area contributed by atoms with Gasteiger partial charge in [-0.25, -0.2) is 4.79 Å². The number of ether oxygens (including phenoxy) is 1. The van der Waals surface area contributed by atoms with Crippen LogP contribution in [0.1, 0.15) is 5.56 Å². The van der Waals surface area contributed by atoms with Crippen molar-refractivity contribution in [1.29, 1.82) is 5.26 Å². The van der Waals surface area contributed by atoms with E-state index in [4.69, 9.17) is 5.26 Å². The molecule has 0 bridgehead atoms. The Labute approximate surface area is 116 Å². The summed E-state index contributed by atoms with van der Waals surface area (Å²) in [5.74, 6) is -0.370. The minimum absolute atomic E-state index is 0.111. The second-order valence-corrected chi connectivity index (χ2v) is 3.93. The van der Waals surface area contributed by atoms with Crippen LogP contribution in [0.15, 0.2) is 24.3 Å². The first-order valence-electron chi connectivity index (χ1n) is 5.84. The molecule has 0 aromatic heterocycles. The lowest BCUT2D eigenvalue weighted by Gasteiger charge is -2.17. The fraction of sp³-hybridized carbons (Fsp3) is 0.308. The summed E-state index contributed by atoms with van der Waals surface area (Å²) in [7, 11) is 1.19. The molecule has 3 N–H and O–H groups in total. The average molecular weight is 277 g/mol. The first-order chi connectivity index (χ1) is 9.56. The Morgan fingerprint density at radius 1 is 1.40 bits per heavy atom. The van der Waals surface area contributed by atoms with Gasteiger partial charge in [0.15, 0.2) is 0 Å². The molecule has 0 heterocycles. The highest BCUT2D eigenvalue weighted by molar-refractivity contribution is 5.86. The van der Waals surface area contributed by atoms with Gasteiger partial charge in [0.2, 0.25) is 5.91 Å². The molecule has 2 amide bonds. The molecule has 0 aliphatic rings. The Morgan fingerprint density at radius 2 is 2.05 bits per heavy atom. The van der Waals surface area contributed by atoms with Crippen molar-refractivity contribution in [1.82, 2.24) is 10.6 Å². The van der Waals surface area contributed by atoms with E-state index in [1.807, 2.05) is 0 Å². The quantitative estimate of drug-likeness (QED) is 0.670. The van der Waals surface area contributed by atoms with Crippen LogP contribution in [0, 0.1) is 11.3 Å². The highest BCUT2D eigenvalue weighted by Crippen LogP contribution is 2.11. The van der Waals surface area contributed by atoms with Crippen molar-refractivity contribution in [3.63, 3.8) is 0 Å². The van der Waals surface area contributed by atoms with E-state index >= 15 is 0 Å². The van der Waals surface area contributed by atoms with Crippen LogP contribution in [0.2, 0.25) is 0 Å². The van der Waals surface area contributed by atoms with Gasteiger partial charge in [-0.3, -0.25) is 4.79 Å². The SMILES string of the molecule is COC(=O)NC(Cc1ccc(O)cc1)C(=O)NCC#N. The fourth-order valence-electron chi connectivity index (χ4n) is 1.53. The Hall–Kier alpha value is -2.75. The van der Waals surface area contributed by atoms with Crippen LogP contribution in [0.5, 0.6) is 5.75 Å². The van der Waals surface area contributed by atoms with E-state index in [1.54, 1.807) is 18.2 Å². The van der Waals surface area contributed by atoms with Crippen molar-refractivity contribution in [2.75, 3.05) is 13.7 Å². The van der Waals surface area contributed by atoms with Gasteiger partial charge >= 0.3 is 6.09 Å². The van der Waals surface area contributed by atoms with Crippen LogP contribution >= 0.6 is 0 Å². The van der Waals surface area contributed by atoms with Crippen LogP contribution in [-0.2, 0) is 16.0 Å². The van der Waals surface area contributed by atoms with Crippen molar-refractivity contribution in [2.45, 2.75) is 12.5 Å². The Balaban J connectivity index is 2.76. The molecule has 0 spiro atoms. The van der Waals surface area contributed by atoms with Crippen LogP contribution in [0.25, 0.3) is 0 Å². The number of amides is 2. The molecule has 106 valence electrons. The Kier molecular flexibility index (Phi) is 5.84. The van der Waals surface area contributed by atoms with E-state index in [0.29, 0.717) is 0 Å². The number of aromatic hydroxyl groups is 1. The largest absolute Gasteiger partial charge is 0.508 e. The molecule has 20 heavy (non-hydrogen) atoms. The molecule has 7 heteroatoms. The molecule has 1 unspecified atom stereocenters. The molecule has 1 atom stereocenters. The second-order valence-electron chi connectivity index (χ2n) is 3.93. The topological polar surface area (TPSA) is 111 Å². The van der Waals surface area contributed by atoms with Gasteiger partial charge in [0.25, 0.3) is 0 Å². The van der Waals surface area contributed by atoms with Crippen LogP contribution in [0.3, 0.4) is 0 Å². The number of carbonyl (C=O) groups is 2. The third-order valence-corrected chi connectivity index (χ3v) is 2.51. The average Bonchev–Trinajstić information content (AvgIpc) is 2.46. The molecular weight excluding hydrogens is 262 g/mol. The van der Waals surface area contributed by atoms with Crippen molar-refractivity contribution in [2.24, 2.45) is 0 Å². The zero-order valence-electron chi connectivity index (χ0n) is 10.9. The summed E-state index contributed by atoms with van der Waals surface area (Å²) in [6.45, 7) is -0.145. The number of nitriles is 1. The maximum atomic E-state index is 11.8. The van der Waals surface area contributed by atoms with Crippen LogP contribution in [-0.4, -0.2) is 36.8 Å². The first-order valence-corrected chi connectivity index (χ1v) is 5.84. The van der Waals surface area contributed by atoms with Crippen molar-refractivity contribution in [3.05, 3.63) is 29.8 Å². The minimum atomic E-state index is -0.861. The number of nitrogens with one attached hydrogen (secondary N) is 2. The fourth-order valence-corrected chi connectivity index (χ4v) is 1.53. The third-order valence-electron chi connectivity index (χ3n) is 2.51. The summed E-state index contributed by atoms with van der Waals surface area (Å²) < 4.78 is 4.46. The molecule has 0 aliphatic carbocycles. The number of benzene rings is 1. The summed E-state index contributed by atoms with van der Waals surface area (Å²) >= 11 is 0. The molecule has 1 aromatic carbocycles. The number of methoxy groups -OCH3 is 1. The molecule has 0 radical (unpaired) electrons. The zero-order chi connectivity index (χ0) is 15.0. The van der Waals surface area contributed by atoms with Gasteiger partial charge in [-0.05, 0) is 17.7 Å². The number of hydrogen-bond donors (Lipinski definition) is 3. The number of nitrogens with zero attached hydrogens (tertiary/aromatic N) is 1. The third kappa shape index (κ3) is 4.86. The molecule has 1 rings (SSSR count). The van der Waals surface area contributed by atoms with Gasteiger partial charge < -0.3 is 20.5 Å². The van der Waals surface area contributed by atoms with E-state index in [1.165, 1.54) is 19.2 Å². The zero-order valence-corrected chi connectivity index (χ0v) is 10.9. The number of phenols is 1. The molecule has 0 saturated heterocycles. The normalized spacial score (nSPS) is 11.0. The van der Waals surface area contributed by atoms with Gasteiger partial charge in [0.1, 0.15) is 18.3 Å². The lowest BCUT2D eigenvalue weighted by atomic mass is 10.1. The van der Waals surface area contributed by atoms with Crippen LogP contribution < -0.4 is 10.6 Å². The summed E-state index contributed by atoms with van der Waals surface area (Å²) in [6.07, 6.45) is -0.520. The monoisotopic (exact) mass is 277 g/mol. The number of alkyl carbamates (subject to hydrolysis) is 1. The van der Waals surface area contributed by atoms with Crippen LogP contribution in [0.4, 0.5) is 4.79 Å². The molecule has 1 aromatic rings. The highest BCUT2D eigenvalue weighted by Gasteiger charge is 2.21. The summed E-state index contributed by atoms with van der Waals surface area (Å²) in [5.41, 5.74) is 0.747. The van der Waals surface area contributed by atoms with Crippen molar-refractivity contribution < 1.29 is 19.4 Å². The maximum Gasteiger partial charge on any atom is 0.407 e. The summed E-state index contributed by atoms with van der Waals surface area (Å²) in [4.78, 5) is 23.1. The highest BCUT2D eigenvalue weighted by atomic mass is 16.5. The molecule has 0 aliphatic heterocycles.